The lowest BCUT2D eigenvalue weighted by Crippen LogP contribution is -2.42. The van der Waals surface area contributed by atoms with Gasteiger partial charge in [-0.2, -0.15) is 0 Å². The molecular weight excluding hydrogens is 443 g/mol. The summed E-state index contributed by atoms with van der Waals surface area (Å²) in [4.78, 5) is 28.8. The minimum absolute atomic E-state index is 0.0101. The van der Waals surface area contributed by atoms with E-state index in [2.05, 4.69) is 15.2 Å². The molecule has 4 rings (SSSR count). The molecule has 0 saturated carbocycles. The zero-order valence-electron chi connectivity index (χ0n) is 19.2. The summed E-state index contributed by atoms with van der Waals surface area (Å²) in [6.07, 6.45) is 0.744. The maximum absolute atomic E-state index is 13.5. The van der Waals surface area contributed by atoms with Gasteiger partial charge in [-0.3, -0.25) is 9.36 Å². The van der Waals surface area contributed by atoms with E-state index in [4.69, 9.17) is 9.47 Å². The number of aliphatic hydroxyl groups is 1. The maximum Gasteiger partial charge on any atom is 0.326 e. The van der Waals surface area contributed by atoms with Crippen molar-refractivity contribution in [2.24, 2.45) is 0 Å². The van der Waals surface area contributed by atoms with Gasteiger partial charge < -0.3 is 29.8 Å². The number of β-amino-alcohol motifs (C(OH)–C–C–N with tert-alkyl or cyclic N) is 1. The Morgan fingerprint density at radius 3 is 2.74 bits per heavy atom. The highest BCUT2D eigenvalue weighted by Crippen LogP contribution is 2.30. The van der Waals surface area contributed by atoms with Gasteiger partial charge in [0, 0.05) is 38.7 Å². The van der Waals surface area contributed by atoms with Crippen molar-refractivity contribution in [3.63, 3.8) is 0 Å². The van der Waals surface area contributed by atoms with Gasteiger partial charge in [-0.25, -0.2) is 9.18 Å². The molecule has 0 radical (unpaired) electrons. The number of carbonyl (C=O) groups is 1. The van der Waals surface area contributed by atoms with Crippen molar-refractivity contribution < 1.29 is 23.8 Å². The normalized spacial score (nSPS) is 15.9. The van der Waals surface area contributed by atoms with Gasteiger partial charge in [0.05, 0.1) is 23.8 Å². The Morgan fingerprint density at radius 1 is 1.26 bits per heavy atom. The van der Waals surface area contributed by atoms with Crippen LogP contribution in [0.1, 0.15) is 25.8 Å². The van der Waals surface area contributed by atoms with E-state index in [0.29, 0.717) is 47.9 Å². The average molecular weight is 473 g/mol. The van der Waals surface area contributed by atoms with Gasteiger partial charge in [-0.1, -0.05) is 0 Å². The number of rotatable bonds is 8. The Kier molecular flexibility index (Phi) is 7.18. The predicted octanol–water partition coefficient (Wildman–Crippen LogP) is 2.51. The summed E-state index contributed by atoms with van der Waals surface area (Å²) in [5.41, 5.74) is 1.44. The van der Waals surface area contributed by atoms with Crippen LogP contribution < -0.4 is 20.5 Å². The summed E-state index contributed by atoms with van der Waals surface area (Å²) in [5, 5.41) is 13.2. The molecule has 1 aliphatic rings. The number of benzene rings is 2. The van der Waals surface area contributed by atoms with E-state index in [-0.39, 0.29) is 30.1 Å². The summed E-state index contributed by atoms with van der Waals surface area (Å²) >= 11 is 0. The summed E-state index contributed by atoms with van der Waals surface area (Å²) in [5.74, 6) is 0.412. The van der Waals surface area contributed by atoms with E-state index in [0.717, 1.165) is 12.8 Å². The van der Waals surface area contributed by atoms with Crippen molar-refractivity contribution in [2.75, 3.05) is 38.7 Å². The van der Waals surface area contributed by atoms with Crippen LogP contribution in [0.5, 0.6) is 11.5 Å². The van der Waals surface area contributed by atoms with Crippen LogP contribution in [-0.2, 0) is 4.79 Å². The smallest absolute Gasteiger partial charge is 0.326 e. The van der Waals surface area contributed by atoms with Gasteiger partial charge in [0.2, 0.25) is 5.91 Å². The Morgan fingerprint density at radius 2 is 2.03 bits per heavy atom. The lowest BCUT2D eigenvalue weighted by Gasteiger charge is -2.33. The van der Waals surface area contributed by atoms with E-state index in [1.54, 1.807) is 28.8 Å². The topological polar surface area (TPSA) is 109 Å². The number of aromatic amines is 1. The van der Waals surface area contributed by atoms with Crippen molar-refractivity contribution in [1.82, 2.24) is 14.5 Å². The van der Waals surface area contributed by atoms with Crippen LogP contribution in [0.15, 0.2) is 41.2 Å². The molecule has 1 fully saturated rings. The van der Waals surface area contributed by atoms with Crippen LogP contribution in [0.25, 0.3) is 11.0 Å². The number of methoxy groups -OCH3 is 1. The third kappa shape index (κ3) is 5.40. The summed E-state index contributed by atoms with van der Waals surface area (Å²) in [7, 11) is 1.54. The third-order valence-electron chi connectivity index (χ3n) is 6.00. The lowest BCUT2D eigenvalue weighted by molar-refractivity contribution is -0.114. The summed E-state index contributed by atoms with van der Waals surface area (Å²) in [6.45, 7) is 3.31. The van der Waals surface area contributed by atoms with Gasteiger partial charge in [0.25, 0.3) is 0 Å². The Hall–Kier alpha value is -3.37. The molecule has 34 heavy (non-hydrogen) atoms. The monoisotopic (exact) mass is 472 g/mol. The number of halogens is 1. The van der Waals surface area contributed by atoms with Crippen LogP contribution in [-0.4, -0.2) is 64.9 Å². The minimum atomic E-state index is -0.734. The van der Waals surface area contributed by atoms with Gasteiger partial charge in [0.1, 0.15) is 30.0 Å². The molecule has 2 heterocycles. The molecule has 10 heteroatoms. The first-order chi connectivity index (χ1) is 16.3. The molecule has 182 valence electrons. The number of ether oxygens (including phenoxy) is 2. The molecule has 1 saturated heterocycles. The molecule has 3 aromatic rings. The number of piperidine rings is 1. The van der Waals surface area contributed by atoms with E-state index in [9.17, 15) is 19.1 Å². The molecule has 0 aliphatic carbocycles. The number of aliphatic hydroxyl groups excluding tert-OH is 1. The first kappa shape index (κ1) is 23.8. The lowest BCUT2D eigenvalue weighted by atomic mass is 10.0. The van der Waals surface area contributed by atoms with E-state index in [1.807, 2.05) is 0 Å². The number of likely N-dealkylation sites (tertiary alicyclic amines) is 1. The van der Waals surface area contributed by atoms with Crippen LogP contribution >= 0.6 is 0 Å². The van der Waals surface area contributed by atoms with Crippen LogP contribution in [0, 0.1) is 5.82 Å². The van der Waals surface area contributed by atoms with Crippen LogP contribution in [0.4, 0.5) is 10.1 Å². The molecule has 3 N–H and O–H groups in total. The van der Waals surface area contributed by atoms with Crippen molar-refractivity contribution in [1.29, 1.82) is 0 Å². The number of aromatic nitrogens is 2. The number of hydrogen-bond acceptors (Lipinski definition) is 6. The van der Waals surface area contributed by atoms with Crippen molar-refractivity contribution in [3.05, 3.63) is 52.7 Å². The molecule has 1 atom stereocenters. The molecule has 1 aliphatic heterocycles. The molecule has 1 amide bonds. The Bertz CT molecular complexity index is 1220. The molecule has 0 bridgehead atoms. The molecule has 2 aromatic carbocycles. The fourth-order valence-electron chi connectivity index (χ4n) is 4.41. The number of nitrogens with one attached hydrogen (secondary N) is 2. The van der Waals surface area contributed by atoms with Gasteiger partial charge in [0.15, 0.2) is 0 Å². The Labute approximate surface area is 196 Å². The van der Waals surface area contributed by atoms with Crippen LogP contribution in [0.3, 0.4) is 0 Å². The standard InChI is InChI=1S/C24H29FN4O5/c1-15(30)26-21-12-19(33-2)4-6-23(21)34-14-18(31)13-28-9-7-17(8-10-28)29-22-5-3-16(25)11-20(22)27-24(29)32/h3-6,11-12,17-18,31H,7-10,13-14H2,1-2H3,(H,26,30)(H,27,32)/t18-/m1/s1. The molecule has 1 aromatic heterocycles. The number of H-pyrrole nitrogens is 1. The van der Waals surface area contributed by atoms with Gasteiger partial charge in [-0.05, 0) is 43.2 Å². The number of nitrogens with zero attached hydrogens (tertiary/aromatic N) is 2. The number of carbonyl (C=O) groups excluding carboxylic acids is 1. The highest BCUT2D eigenvalue weighted by molar-refractivity contribution is 5.90. The molecule has 0 unspecified atom stereocenters. The van der Waals surface area contributed by atoms with Gasteiger partial charge in [-0.15, -0.1) is 0 Å². The van der Waals surface area contributed by atoms with E-state index < -0.39 is 6.10 Å². The first-order valence-electron chi connectivity index (χ1n) is 11.2. The number of anilines is 1. The average Bonchev–Trinajstić information content (AvgIpc) is 3.13. The molecule has 9 nitrogen and oxygen atoms in total. The minimum Gasteiger partial charge on any atom is -0.497 e. The van der Waals surface area contributed by atoms with Crippen molar-refractivity contribution in [2.45, 2.75) is 31.9 Å². The summed E-state index contributed by atoms with van der Waals surface area (Å²) < 4.78 is 26.1. The van der Waals surface area contributed by atoms with Crippen molar-refractivity contribution >= 4 is 22.6 Å². The molecule has 0 spiro atoms. The molecular formula is C24H29FN4O5. The number of imidazole rings is 1. The van der Waals surface area contributed by atoms with E-state index in [1.165, 1.54) is 26.2 Å². The second-order valence-corrected chi connectivity index (χ2v) is 8.50. The third-order valence-corrected chi connectivity index (χ3v) is 6.00. The second kappa shape index (κ2) is 10.3. The number of amides is 1. The van der Waals surface area contributed by atoms with E-state index >= 15 is 0 Å². The zero-order chi connectivity index (χ0) is 24.2. The SMILES string of the molecule is COc1ccc(OC[C@H](O)CN2CCC(n3c(=O)[nH]c4cc(F)ccc43)CC2)c(NC(C)=O)c1. The van der Waals surface area contributed by atoms with Crippen molar-refractivity contribution in [3.8, 4) is 11.5 Å². The quantitative estimate of drug-likeness (QED) is 0.465. The highest BCUT2D eigenvalue weighted by Gasteiger charge is 2.25. The van der Waals surface area contributed by atoms with Crippen LogP contribution in [0.2, 0.25) is 0 Å². The highest BCUT2D eigenvalue weighted by atomic mass is 19.1. The number of fused-ring (bicyclic) bond motifs is 1. The summed E-state index contributed by atoms with van der Waals surface area (Å²) in [6, 6.07) is 9.40. The Balaban J connectivity index is 1.32. The zero-order valence-corrected chi connectivity index (χ0v) is 19.2. The largest absolute Gasteiger partial charge is 0.497 e. The predicted molar refractivity (Wildman–Crippen MR) is 126 cm³/mol. The number of hydrogen-bond donors (Lipinski definition) is 3. The first-order valence-corrected chi connectivity index (χ1v) is 11.2. The fraction of sp³-hybridized carbons (Fsp3) is 0.417. The van der Waals surface area contributed by atoms with Gasteiger partial charge >= 0.3 is 5.69 Å². The fourth-order valence-corrected chi connectivity index (χ4v) is 4.41. The maximum atomic E-state index is 13.5. The second-order valence-electron chi connectivity index (χ2n) is 8.50.